The Balaban J connectivity index is 2.83. The zero-order valence-electron chi connectivity index (χ0n) is 13.4. The maximum absolute atomic E-state index is 11.0. The van der Waals surface area contributed by atoms with Gasteiger partial charge in [-0.1, -0.05) is 0 Å². The summed E-state index contributed by atoms with van der Waals surface area (Å²) in [5, 5.41) is 11.7. The maximum atomic E-state index is 11.0. The second kappa shape index (κ2) is 5.50. The second-order valence-electron chi connectivity index (χ2n) is 7.47. The predicted octanol–water partition coefficient (Wildman–Crippen LogP) is 1.81. The van der Waals surface area contributed by atoms with E-state index in [1.54, 1.807) is 13.8 Å². The number of carbonyl (C=O) groups is 1. The molecule has 0 aromatic heterocycles. The summed E-state index contributed by atoms with van der Waals surface area (Å²) in [6.45, 7) is 11.7. The molecule has 1 heterocycles. The largest absolute Gasteiger partial charge is 0.446 e. The van der Waals surface area contributed by atoms with Crippen LogP contribution in [0.1, 0.15) is 54.4 Å². The first-order valence-corrected chi connectivity index (χ1v) is 6.95. The van der Waals surface area contributed by atoms with E-state index in [-0.39, 0.29) is 23.8 Å². The van der Waals surface area contributed by atoms with Crippen LogP contribution in [0.5, 0.6) is 0 Å². The number of nitrogens with zero attached hydrogens (tertiary/aromatic N) is 1. The van der Waals surface area contributed by atoms with Crippen LogP contribution in [0.2, 0.25) is 0 Å². The van der Waals surface area contributed by atoms with Gasteiger partial charge in [-0.25, -0.2) is 4.79 Å². The monoisotopic (exact) mass is 288 g/mol. The Morgan fingerprint density at radius 3 is 2.10 bits per heavy atom. The smallest absolute Gasteiger partial charge is 0.404 e. The molecule has 1 fully saturated rings. The second-order valence-corrected chi connectivity index (χ2v) is 7.47. The summed E-state index contributed by atoms with van der Waals surface area (Å²) in [6, 6.07) is 0. The fourth-order valence-electron chi connectivity index (χ4n) is 2.99. The topological polar surface area (TPSA) is 85.0 Å². The van der Waals surface area contributed by atoms with Crippen molar-refractivity contribution in [1.29, 1.82) is 0 Å². The molecule has 0 aromatic carbocycles. The van der Waals surface area contributed by atoms with Gasteiger partial charge in [-0.2, -0.15) is 5.06 Å². The van der Waals surface area contributed by atoms with Crippen molar-refractivity contribution in [3.8, 4) is 0 Å². The molecule has 1 aliphatic rings. The highest BCUT2D eigenvalue weighted by Crippen LogP contribution is 2.39. The van der Waals surface area contributed by atoms with Gasteiger partial charge in [-0.15, -0.1) is 0 Å². The van der Waals surface area contributed by atoms with Crippen LogP contribution in [0.15, 0.2) is 0 Å². The lowest BCUT2D eigenvalue weighted by atomic mass is 9.80. The summed E-state index contributed by atoms with van der Waals surface area (Å²) in [4.78, 5) is 16.8. The summed E-state index contributed by atoms with van der Waals surface area (Å²) in [5.41, 5.74) is 3.56. The van der Waals surface area contributed by atoms with Gasteiger partial charge in [-0.3, -0.25) is 4.84 Å². The number of piperidine rings is 1. The molecular weight excluding hydrogens is 260 g/mol. The third-order valence-electron chi connectivity index (χ3n) is 3.38. The number of hydrogen-bond donors (Lipinski definition) is 2. The van der Waals surface area contributed by atoms with E-state index in [0.29, 0.717) is 12.8 Å². The molecule has 0 aliphatic carbocycles. The number of carbonyl (C=O) groups excluding carboxylic acids is 1. The molecule has 0 bridgehead atoms. The van der Waals surface area contributed by atoms with Crippen LogP contribution in [0.25, 0.3) is 0 Å². The summed E-state index contributed by atoms with van der Waals surface area (Å²) < 4.78 is 5.16. The van der Waals surface area contributed by atoms with Crippen molar-refractivity contribution in [2.75, 3.05) is 6.61 Å². The molecule has 1 amide bonds. The van der Waals surface area contributed by atoms with Gasteiger partial charge in [0.1, 0.15) is 6.10 Å². The molecule has 6 heteroatoms. The molecular formula is C14H28N2O4. The molecule has 20 heavy (non-hydrogen) atoms. The minimum atomic E-state index is -0.896. The van der Waals surface area contributed by atoms with E-state index < -0.39 is 11.7 Å². The summed E-state index contributed by atoms with van der Waals surface area (Å²) in [5.74, 6) is 0. The van der Waals surface area contributed by atoms with Crippen molar-refractivity contribution in [2.24, 2.45) is 5.73 Å². The first-order chi connectivity index (χ1) is 8.83. The van der Waals surface area contributed by atoms with Crippen molar-refractivity contribution in [2.45, 2.75) is 77.2 Å². The molecule has 1 saturated heterocycles. The van der Waals surface area contributed by atoms with Crippen molar-refractivity contribution in [3.63, 3.8) is 0 Å². The average Bonchev–Trinajstić information content (AvgIpc) is 2.09. The Kier molecular flexibility index (Phi) is 4.73. The third kappa shape index (κ3) is 4.61. The quantitative estimate of drug-likeness (QED) is 0.824. The minimum absolute atomic E-state index is 0.210. The number of nitrogens with two attached hydrogens (primary N) is 1. The number of aliphatic hydroxyl groups is 1. The van der Waals surface area contributed by atoms with Gasteiger partial charge in [0.15, 0.2) is 0 Å². The summed E-state index contributed by atoms with van der Waals surface area (Å²) in [6.07, 6.45) is 0.295. The molecule has 0 saturated carbocycles. The van der Waals surface area contributed by atoms with E-state index in [4.69, 9.17) is 15.3 Å². The molecule has 0 spiro atoms. The van der Waals surface area contributed by atoms with Crippen molar-refractivity contribution in [1.82, 2.24) is 5.06 Å². The predicted molar refractivity (Wildman–Crippen MR) is 75.9 cm³/mol. The average molecular weight is 288 g/mol. The third-order valence-corrected chi connectivity index (χ3v) is 3.38. The molecule has 1 aliphatic heterocycles. The van der Waals surface area contributed by atoms with E-state index in [0.717, 1.165) is 0 Å². The van der Waals surface area contributed by atoms with Gasteiger partial charge >= 0.3 is 6.09 Å². The number of ether oxygens (including phenoxy) is 1. The fourth-order valence-corrected chi connectivity index (χ4v) is 2.99. The van der Waals surface area contributed by atoms with Crippen LogP contribution in [0, 0.1) is 0 Å². The SMILES string of the molecule is CC(C)(O)CON1C(C)(C)CC(OC(N)=O)CC1(C)C. The molecule has 1 rings (SSSR count). The Morgan fingerprint density at radius 2 is 1.75 bits per heavy atom. The highest BCUT2D eigenvalue weighted by molar-refractivity contribution is 5.64. The summed E-state index contributed by atoms with van der Waals surface area (Å²) >= 11 is 0. The molecule has 0 atom stereocenters. The molecule has 118 valence electrons. The van der Waals surface area contributed by atoms with E-state index in [2.05, 4.69) is 0 Å². The highest BCUT2D eigenvalue weighted by atomic mass is 16.7. The maximum Gasteiger partial charge on any atom is 0.404 e. The van der Waals surface area contributed by atoms with Crippen molar-refractivity contribution < 1.29 is 19.5 Å². The molecule has 0 aromatic rings. The Morgan fingerprint density at radius 1 is 1.30 bits per heavy atom. The molecule has 6 nitrogen and oxygen atoms in total. The van der Waals surface area contributed by atoms with Crippen LogP contribution in [-0.2, 0) is 9.57 Å². The first kappa shape index (κ1) is 17.2. The Hall–Kier alpha value is -0.850. The Labute approximate surface area is 121 Å². The van der Waals surface area contributed by atoms with Crippen LogP contribution in [0.4, 0.5) is 4.79 Å². The van der Waals surface area contributed by atoms with Crippen LogP contribution in [0.3, 0.4) is 0 Å². The van der Waals surface area contributed by atoms with E-state index in [1.807, 2.05) is 32.8 Å². The van der Waals surface area contributed by atoms with Crippen molar-refractivity contribution >= 4 is 6.09 Å². The number of amides is 1. The molecule has 0 radical (unpaired) electrons. The van der Waals surface area contributed by atoms with Crippen molar-refractivity contribution in [3.05, 3.63) is 0 Å². The highest BCUT2D eigenvalue weighted by Gasteiger charge is 2.48. The van der Waals surface area contributed by atoms with Gasteiger partial charge in [0.25, 0.3) is 0 Å². The number of primary amides is 1. The van der Waals surface area contributed by atoms with Gasteiger partial charge in [0.2, 0.25) is 0 Å². The van der Waals surface area contributed by atoms with Crippen LogP contribution in [-0.4, -0.2) is 45.7 Å². The normalized spacial score (nSPS) is 23.6. The van der Waals surface area contributed by atoms with Gasteiger partial charge < -0.3 is 15.6 Å². The minimum Gasteiger partial charge on any atom is -0.446 e. The fraction of sp³-hybridized carbons (Fsp3) is 0.929. The lowest BCUT2D eigenvalue weighted by Crippen LogP contribution is -2.62. The Bertz CT molecular complexity index is 343. The van der Waals surface area contributed by atoms with E-state index in [1.165, 1.54) is 0 Å². The first-order valence-electron chi connectivity index (χ1n) is 6.95. The van der Waals surface area contributed by atoms with E-state index in [9.17, 15) is 9.90 Å². The standard InChI is InChI=1S/C14H28N2O4/c1-12(2)7-10(20-11(15)17)8-13(3,4)16(12)19-9-14(5,6)18/h10,18H,7-9H2,1-6H3,(H2,15,17). The zero-order chi connectivity index (χ0) is 15.8. The lowest BCUT2D eigenvalue weighted by Gasteiger charge is -2.53. The number of hydrogen-bond acceptors (Lipinski definition) is 5. The lowest BCUT2D eigenvalue weighted by molar-refractivity contribution is -0.305. The van der Waals surface area contributed by atoms with Gasteiger partial charge in [0.05, 0.1) is 12.2 Å². The summed E-state index contributed by atoms with van der Waals surface area (Å²) in [7, 11) is 0. The van der Waals surface area contributed by atoms with E-state index >= 15 is 0 Å². The van der Waals surface area contributed by atoms with Gasteiger partial charge in [-0.05, 0) is 41.5 Å². The van der Waals surface area contributed by atoms with Gasteiger partial charge in [0, 0.05) is 23.9 Å². The molecule has 0 unspecified atom stereocenters. The number of hydroxylamine groups is 2. The van der Waals surface area contributed by atoms with Crippen LogP contribution < -0.4 is 5.73 Å². The number of rotatable bonds is 4. The van der Waals surface area contributed by atoms with Crippen LogP contribution >= 0.6 is 0 Å². The molecule has 3 N–H and O–H groups in total. The zero-order valence-corrected chi connectivity index (χ0v) is 13.4.